The van der Waals surface area contributed by atoms with Crippen LogP contribution in [0.5, 0.6) is 0 Å². The van der Waals surface area contributed by atoms with Gasteiger partial charge in [0.15, 0.2) is 5.72 Å². The van der Waals surface area contributed by atoms with Gasteiger partial charge >= 0.3 is 0 Å². The van der Waals surface area contributed by atoms with E-state index in [4.69, 9.17) is 4.74 Å². The maximum Gasteiger partial charge on any atom is 0.152 e. The van der Waals surface area contributed by atoms with Gasteiger partial charge in [0.2, 0.25) is 0 Å². The maximum atomic E-state index is 5.70. The molecule has 0 spiro atoms. The highest BCUT2D eigenvalue weighted by molar-refractivity contribution is 7.10. The normalized spacial score (nSPS) is 32.9. The third-order valence-electron chi connectivity index (χ3n) is 2.14. The van der Waals surface area contributed by atoms with E-state index in [1.807, 2.05) is 0 Å². The molecule has 2 nitrogen and oxygen atoms in total. The number of halogens is 1. The van der Waals surface area contributed by atoms with Crippen LogP contribution < -0.4 is 5.32 Å². The zero-order valence-corrected chi connectivity index (χ0v) is 9.37. The molecule has 2 unspecified atom stereocenters. The molecule has 0 aromatic carbocycles. The zero-order chi connectivity index (χ0) is 8.60. The summed E-state index contributed by atoms with van der Waals surface area (Å²) in [5.74, 6) is 0. The van der Waals surface area contributed by atoms with Gasteiger partial charge in [-0.1, -0.05) is 6.07 Å². The predicted molar refractivity (Wildman–Crippen MR) is 57.5 cm³/mol. The summed E-state index contributed by atoms with van der Waals surface area (Å²) in [6.07, 6.45) is 0. The minimum absolute atomic E-state index is 0. The fourth-order valence-corrected chi connectivity index (χ4v) is 2.34. The average molecular weight is 220 g/mol. The molecule has 1 N–H and O–H groups in total. The summed E-state index contributed by atoms with van der Waals surface area (Å²) in [5.41, 5.74) is -0.242. The summed E-state index contributed by atoms with van der Waals surface area (Å²) in [4.78, 5) is 1.26. The Hall–Kier alpha value is -0.0900. The molecule has 0 amide bonds. The Kier molecular flexibility index (Phi) is 3.35. The van der Waals surface area contributed by atoms with E-state index in [2.05, 4.69) is 36.7 Å². The van der Waals surface area contributed by atoms with E-state index >= 15 is 0 Å². The third kappa shape index (κ3) is 2.05. The van der Waals surface area contributed by atoms with Gasteiger partial charge in [0, 0.05) is 6.04 Å². The smallest absolute Gasteiger partial charge is 0.152 e. The van der Waals surface area contributed by atoms with Crippen LogP contribution in [-0.2, 0) is 10.5 Å². The minimum atomic E-state index is -0.242. The Morgan fingerprint density at radius 2 is 2.46 bits per heavy atom. The molecule has 0 aliphatic carbocycles. The van der Waals surface area contributed by atoms with Crippen molar-refractivity contribution in [3.05, 3.63) is 22.4 Å². The van der Waals surface area contributed by atoms with Gasteiger partial charge in [-0.15, -0.1) is 23.7 Å². The van der Waals surface area contributed by atoms with E-state index < -0.39 is 0 Å². The van der Waals surface area contributed by atoms with Gasteiger partial charge in [-0.2, -0.15) is 0 Å². The number of hydrogen-bond donors (Lipinski definition) is 1. The van der Waals surface area contributed by atoms with Crippen LogP contribution in [0, 0.1) is 0 Å². The quantitative estimate of drug-likeness (QED) is 0.783. The molecule has 4 heteroatoms. The molecule has 2 rings (SSSR count). The van der Waals surface area contributed by atoms with Gasteiger partial charge in [0.05, 0.1) is 11.5 Å². The fourth-order valence-electron chi connectivity index (χ4n) is 1.54. The Morgan fingerprint density at radius 3 is 2.92 bits per heavy atom. The van der Waals surface area contributed by atoms with Crippen LogP contribution >= 0.6 is 23.7 Å². The van der Waals surface area contributed by atoms with Crippen molar-refractivity contribution < 1.29 is 4.74 Å². The second kappa shape index (κ2) is 3.96. The van der Waals surface area contributed by atoms with Crippen molar-refractivity contribution >= 4 is 23.7 Å². The lowest BCUT2D eigenvalue weighted by Gasteiger charge is -2.22. The lowest BCUT2D eigenvalue weighted by molar-refractivity contribution is 0.00550. The molecule has 1 aliphatic rings. The lowest BCUT2D eigenvalue weighted by atomic mass is 10.2. The van der Waals surface area contributed by atoms with Crippen molar-refractivity contribution in [1.29, 1.82) is 0 Å². The van der Waals surface area contributed by atoms with Crippen molar-refractivity contribution in [2.75, 3.05) is 6.61 Å². The van der Waals surface area contributed by atoms with Crippen molar-refractivity contribution in [2.24, 2.45) is 0 Å². The van der Waals surface area contributed by atoms with Crippen molar-refractivity contribution in [3.63, 3.8) is 0 Å². The Morgan fingerprint density at radius 1 is 1.69 bits per heavy atom. The minimum Gasteiger partial charge on any atom is -0.354 e. The van der Waals surface area contributed by atoms with Gasteiger partial charge in [0.25, 0.3) is 0 Å². The summed E-state index contributed by atoms with van der Waals surface area (Å²) in [5, 5.41) is 5.50. The maximum absolute atomic E-state index is 5.70. The molecule has 1 saturated heterocycles. The first-order valence-corrected chi connectivity index (χ1v) is 5.04. The van der Waals surface area contributed by atoms with E-state index in [9.17, 15) is 0 Å². The van der Waals surface area contributed by atoms with Gasteiger partial charge in [0.1, 0.15) is 0 Å². The molecule has 1 aromatic rings. The van der Waals surface area contributed by atoms with E-state index in [0.717, 1.165) is 6.61 Å². The Balaban J connectivity index is 0.000000845. The summed E-state index contributed by atoms with van der Waals surface area (Å²) in [6, 6.07) is 4.62. The summed E-state index contributed by atoms with van der Waals surface area (Å²) < 4.78 is 5.70. The van der Waals surface area contributed by atoms with Crippen LogP contribution in [0.15, 0.2) is 17.5 Å². The van der Waals surface area contributed by atoms with Crippen LogP contribution in [0.3, 0.4) is 0 Å². The molecule has 2 heterocycles. The molecule has 0 radical (unpaired) electrons. The van der Waals surface area contributed by atoms with Crippen LogP contribution in [0.25, 0.3) is 0 Å². The molecule has 0 bridgehead atoms. The number of hydrogen-bond acceptors (Lipinski definition) is 3. The SMILES string of the molecule is CC1COC(C)(c2cccs2)N1.Cl. The van der Waals surface area contributed by atoms with Crippen LogP contribution in [0.4, 0.5) is 0 Å². The standard InChI is InChI=1S/C9H13NOS.ClH/c1-7-6-11-9(2,10-7)8-4-3-5-12-8;/h3-5,7,10H,6H2,1-2H3;1H. The second-order valence-corrected chi connectivity index (χ2v) is 4.31. The number of thiophene rings is 1. The summed E-state index contributed by atoms with van der Waals surface area (Å²) in [7, 11) is 0. The molecular weight excluding hydrogens is 206 g/mol. The molecule has 0 saturated carbocycles. The van der Waals surface area contributed by atoms with Crippen molar-refractivity contribution in [1.82, 2.24) is 5.32 Å². The summed E-state index contributed by atoms with van der Waals surface area (Å²) in [6.45, 7) is 5.02. The third-order valence-corrected chi connectivity index (χ3v) is 3.21. The van der Waals surface area contributed by atoms with Crippen LogP contribution in [0.1, 0.15) is 18.7 Å². The Bertz CT molecular complexity index is 265. The molecule has 13 heavy (non-hydrogen) atoms. The second-order valence-electron chi connectivity index (χ2n) is 3.37. The molecule has 1 fully saturated rings. The van der Waals surface area contributed by atoms with E-state index in [1.54, 1.807) is 11.3 Å². The highest BCUT2D eigenvalue weighted by Gasteiger charge is 2.35. The topological polar surface area (TPSA) is 21.3 Å². The van der Waals surface area contributed by atoms with Crippen LogP contribution in [-0.4, -0.2) is 12.6 Å². The zero-order valence-electron chi connectivity index (χ0n) is 7.74. The monoisotopic (exact) mass is 219 g/mol. The molecule has 1 aliphatic heterocycles. The molecule has 1 aromatic heterocycles. The van der Waals surface area contributed by atoms with Gasteiger partial charge < -0.3 is 4.74 Å². The van der Waals surface area contributed by atoms with Gasteiger partial charge in [-0.3, -0.25) is 5.32 Å². The van der Waals surface area contributed by atoms with E-state index in [-0.39, 0.29) is 18.1 Å². The number of ether oxygens (including phenoxy) is 1. The first-order valence-electron chi connectivity index (χ1n) is 4.16. The largest absolute Gasteiger partial charge is 0.354 e. The first kappa shape index (κ1) is 11.0. The molecular formula is C9H14ClNOS. The summed E-state index contributed by atoms with van der Waals surface area (Å²) >= 11 is 1.73. The average Bonchev–Trinajstić information content (AvgIpc) is 2.59. The van der Waals surface area contributed by atoms with E-state index in [0.29, 0.717) is 6.04 Å². The lowest BCUT2D eigenvalue weighted by Crippen LogP contribution is -2.36. The van der Waals surface area contributed by atoms with Crippen molar-refractivity contribution in [2.45, 2.75) is 25.6 Å². The highest BCUT2D eigenvalue weighted by atomic mass is 35.5. The number of nitrogens with one attached hydrogen (secondary N) is 1. The van der Waals surface area contributed by atoms with Gasteiger partial charge in [-0.05, 0) is 25.3 Å². The van der Waals surface area contributed by atoms with Gasteiger partial charge in [-0.25, -0.2) is 0 Å². The number of rotatable bonds is 1. The highest BCUT2D eigenvalue weighted by Crippen LogP contribution is 2.30. The molecule has 2 atom stereocenters. The van der Waals surface area contributed by atoms with Crippen LogP contribution in [0.2, 0.25) is 0 Å². The first-order chi connectivity index (χ1) is 5.71. The molecule has 74 valence electrons. The fraction of sp³-hybridized carbons (Fsp3) is 0.556. The Labute approximate surface area is 88.7 Å². The predicted octanol–water partition coefficient (Wildman–Crippen LogP) is 2.35. The van der Waals surface area contributed by atoms with Crippen molar-refractivity contribution in [3.8, 4) is 0 Å². The van der Waals surface area contributed by atoms with E-state index in [1.165, 1.54) is 4.88 Å².